The molecule has 0 N–H and O–H groups in total. The van der Waals surface area contributed by atoms with E-state index in [2.05, 4.69) is 9.97 Å². The van der Waals surface area contributed by atoms with Gasteiger partial charge in [-0.3, -0.25) is 4.79 Å². The average molecular weight is 327 g/mol. The monoisotopic (exact) mass is 327 g/mol. The Morgan fingerprint density at radius 1 is 1.25 bits per heavy atom. The van der Waals surface area contributed by atoms with Crippen molar-refractivity contribution in [2.45, 2.75) is 25.4 Å². The first-order chi connectivity index (χ1) is 11.7. The summed E-state index contributed by atoms with van der Waals surface area (Å²) in [5.74, 6) is 0.906. The highest BCUT2D eigenvalue weighted by molar-refractivity contribution is 5.79. The van der Waals surface area contributed by atoms with E-state index >= 15 is 0 Å². The number of likely N-dealkylation sites (tertiary alicyclic amines) is 1. The van der Waals surface area contributed by atoms with Crippen LogP contribution >= 0.6 is 0 Å². The number of nitrogens with zero attached hydrogens (tertiary/aromatic N) is 3. The molecule has 2 heterocycles. The van der Waals surface area contributed by atoms with Crippen molar-refractivity contribution in [2.75, 3.05) is 20.2 Å². The lowest BCUT2D eigenvalue weighted by Gasteiger charge is -2.32. The summed E-state index contributed by atoms with van der Waals surface area (Å²) >= 11 is 0. The van der Waals surface area contributed by atoms with E-state index in [1.807, 2.05) is 29.2 Å². The fourth-order valence-corrected chi connectivity index (χ4v) is 2.79. The molecule has 3 rings (SSSR count). The SMILES string of the molecule is COc1ccc(CC(=O)N2CCCC(Oc3ncccn3)C2)cc1. The van der Waals surface area contributed by atoms with E-state index in [0.717, 1.165) is 30.7 Å². The third kappa shape index (κ3) is 4.22. The quantitative estimate of drug-likeness (QED) is 0.841. The molecule has 0 radical (unpaired) electrons. The van der Waals surface area contributed by atoms with Crippen LogP contribution in [0.3, 0.4) is 0 Å². The number of hydrogen-bond donors (Lipinski definition) is 0. The lowest BCUT2D eigenvalue weighted by molar-refractivity contribution is -0.133. The summed E-state index contributed by atoms with van der Waals surface area (Å²) in [7, 11) is 1.63. The van der Waals surface area contributed by atoms with E-state index in [1.165, 1.54) is 0 Å². The maximum absolute atomic E-state index is 12.5. The van der Waals surface area contributed by atoms with Crippen molar-refractivity contribution in [3.05, 3.63) is 48.3 Å². The van der Waals surface area contributed by atoms with Gasteiger partial charge in [0, 0.05) is 18.9 Å². The molecule has 126 valence electrons. The lowest BCUT2D eigenvalue weighted by Crippen LogP contribution is -2.45. The number of benzene rings is 1. The van der Waals surface area contributed by atoms with Crippen LogP contribution < -0.4 is 9.47 Å². The van der Waals surface area contributed by atoms with Gasteiger partial charge in [0.15, 0.2) is 0 Å². The van der Waals surface area contributed by atoms with Gasteiger partial charge in [-0.2, -0.15) is 0 Å². The molecule has 1 aromatic heterocycles. The van der Waals surface area contributed by atoms with Crippen molar-refractivity contribution < 1.29 is 14.3 Å². The molecular formula is C18H21N3O3. The van der Waals surface area contributed by atoms with Gasteiger partial charge >= 0.3 is 6.01 Å². The van der Waals surface area contributed by atoms with Crippen molar-refractivity contribution in [3.63, 3.8) is 0 Å². The molecule has 24 heavy (non-hydrogen) atoms. The molecule has 1 atom stereocenters. The molecule has 0 saturated carbocycles. The van der Waals surface area contributed by atoms with Crippen LogP contribution in [0.25, 0.3) is 0 Å². The molecule has 0 aliphatic carbocycles. The highest BCUT2D eigenvalue weighted by atomic mass is 16.5. The smallest absolute Gasteiger partial charge is 0.316 e. The molecule has 1 fully saturated rings. The van der Waals surface area contributed by atoms with Crippen LogP contribution in [0.4, 0.5) is 0 Å². The topological polar surface area (TPSA) is 64.5 Å². The number of carbonyl (C=O) groups excluding carboxylic acids is 1. The second-order valence-electron chi connectivity index (χ2n) is 5.78. The molecule has 6 nitrogen and oxygen atoms in total. The Bertz CT molecular complexity index is 661. The molecule has 6 heteroatoms. The molecule has 1 aromatic carbocycles. The first-order valence-corrected chi connectivity index (χ1v) is 8.09. The second-order valence-corrected chi connectivity index (χ2v) is 5.78. The highest BCUT2D eigenvalue weighted by Gasteiger charge is 2.25. The Hall–Kier alpha value is -2.63. The van der Waals surface area contributed by atoms with Crippen LogP contribution in [0, 0.1) is 0 Å². The lowest BCUT2D eigenvalue weighted by atomic mass is 10.1. The van der Waals surface area contributed by atoms with Gasteiger partial charge in [-0.25, -0.2) is 9.97 Å². The highest BCUT2D eigenvalue weighted by Crippen LogP contribution is 2.17. The molecule has 1 unspecified atom stereocenters. The van der Waals surface area contributed by atoms with Gasteiger partial charge < -0.3 is 14.4 Å². The minimum absolute atomic E-state index is 0.0547. The second kappa shape index (κ2) is 7.77. The van der Waals surface area contributed by atoms with E-state index in [4.69, 9.17) is 9.47 Å². The normalized spacial score (nSPS) is 17.4. The van der Waals surface area contributed by atoms with E-state index in [-0.39, 0.29) is 12.0 Å². The standard InChI is InChI=1S/C18H21N3O3/c1-23-15-7-5-14(6-8-15)12-17(22)21-11-2-4-16(13-21)24-18-19-9-3-10-20-18/h3,5-10,16H,2,4,11-13H2,1H3. The molecule has 1 aliphatic heterocycles. The summed E-state index contributed by atoms with van der Waals surface area (Å²) in [5.41, 5.74) is 0.982. The van der Waals surface area contributed by atoms with Crippen LogP contribution in [-0.4, -0.2) is 47.1 Å². The van der Waals surface area contributed by atoms with Crippen molar-refractivity contribution in [2.24, 2.45) is 0 Å². The largest absolute Gasteiger partial charge is 0.497 e. The first-order valence-electron chi connectivity index (χ1n) is 8.09. The predicted octanol–water partition coefficient (Wildman–Crippen LogP) is 2.10. The van der Waals surface area contributed by atoms with Crippen LogP contribution in [0.5, 0.6) is 11.8 Å². The Kier molecular flexibility index (Phi) is 5.25. The van der Waals surface area contributed by atoms with Gasteiger partial charge in [-0.15, -0.1) is 0 Å². The van der Waals surface area contributed by atoms with Crippen molar-refractivity contribution in [1.29, 1.82) is 0 Å². The summed E-state index contributed by atoms with van der Waals surface area (Å²) in [5, 5.41) is 0. The number of carbonyl (C=O) groups is 1. The van der Waals surface area contributed by atoms with Crippen LogP contribution in [-0.2, 0) is 11.2 Å². The molecule has 2 aromatic rings. The number of rotatable bonds is 5. The van der Waals surface area contributed by atoms with Gasteiger partial charge in [0.05, 0.1) is 20.1 Å². The van der Waals surface area contributed by atoms with Crippen molar-refractivity contribution >= 4 is 5.91 Å². The van der Waals surface area contributed by atoms with E-state index in [0.29, 0.717) is 19.0 Å². The Morgan fingerprint density at radius 3 is 2.71 bits per heavy atom. The number of hydrogen-bond acceptors (Lipinski definition) is 5. The zero-order chi connectivity index (χ0) is 16.8. The number of aromatic nitrogens is 2. The van der Waals surface area contributed by atoms with E-state index in [9.17, 15) is 4.79 Å². The first kappa shape index (κ1) is 16.2. The zero-order valence-corrected chi connectivity index (χ0v) is 13.7. The van der Waals surface area contributed by atoms with Crippen molar-refractivity contribution in [3.8, 4) is 11.8 Å². The van der Waals surface area contributed by atoms with Crippen LogP contribution in [0.15, 0.2) is 42.7 Å². The van der Waals surface area contributed by atoms with Gasteiger partial charge in [-0.05, 0) is 36.6 Å². The minimum Gasteiger partial charge on any atom is -0.497 e. The van der Waals surface area contributed by atoms with Gasteiger partial charge in [0.2, 0.25) is 5.91 Å². The molecule has 1 saturated heterocycles. The molecule has 0 bridgehead atoms. The molecular weight excluding hydrogens is 306 g/mol. The third-order valence-corrected chi connectivity index (χ3v) is 4.06. The maximum Gasteiger partial charge on any atom is 0.316 e. The fourth-order valence-electron chi connectivity index (χ4n) is 2.79. The fraction of sp³-hybridized carbons (Fsp3) is 0.389. The van der Waals surface area contributed by atoms with Gasteiger partial charge in [-0.1, -0.05) is 12.1 Å². The molecule has 1 aliphatic rings. The summed E-state index contributed by atoms with van der Waals surface area (Å²) in [6, 6.07) is 9.71. The summed E-state index contributed by atoms with van der Waals surface area (Å²) < 4.78 is 10.9. The predicted molar refractivity (Wildman–Crippen MR) is 89.0 cm³/mol. The van der Waals surface area contributed by atoms with E-state index < -0.39 is 0 Å². The minimum atomic E-state index is -0.0547. The zero-order valence-electron chi connectivity index (χ0n) is 13.7. The number of piperidine rings is 1. The maximum atomic E-state index is 12.5. The number of amides is 1. The van der Waals surface area contributed by atoms with Gasteiger partial charge in [0.1, 0.15) is 11.9 Å². The Labute approximate surface area is 141 Å². The van der Waals surface area contributed by atoms with Crippen LogP contribution in [0.2, 0.25) is 0 Å². The van der Waals surface area contributed by atoms with E-state index in [1.54, 1.807) is 25.6 Å². The summed E-state index contributed by atoms with van der Waals surface area (Å²) in [6.45, 7) is 1.34. The number of methoxy groups -OCH3 is 1. The third-order valence-electron chi connectivity index (χ3n) is 4.06. The summed E-state index contributed by atoms with van der Waals surface area (Å²) in [4.78, 5) is 22.5. The van der Waals surface area contributed by atoms with Gasteiger partial charge in [0.25, 0.3) is 0 Å². The average Bonchev–Trinajstić information content (AvgIpc) is 2.63. The molecule has 1 amide bonds. The number of ether oxygens (including phenoxy) is 2. The van der Waals surface area contributed by atoms with Crippen LogP contribution in [0.1, 0.15) is 18.4 Å². The Morgan fingerprint density at radius 2 is 2.00 bits per heavy atom. The summed E-state index contributed by atoms with van der Waals surface area (Å²) in [6.07, 6.45) is 5.46. The van der Waals surface area contributed by atoms with Crippen molar-refractivity contribution in [1.82, 2.24) is 14.9 Å². The molecule has 0 spiro atoms. The Balaban J connectivity index is 1.56.